The van der Waals surface area contributed by atoms with Gasteiger partial charge in [0.2, 0.25) is 0 Å². The summed E-state index contributed by atoms with van der Waals surface area (Å²) in [5.74, 6) is -0.0139. The number of fused-ring (bicyclic) bond motifs is 5. The fourth-order valence-corrected chi connectivity index (χ4v) is 4.19. The maximum atomic E-state index is 14.1. The van der Waals surface area contributed by atoms with E-state index in [1.54, 1.807) is 19.2 Å². The van der Waals surface area contributed by atoms with Gasteiger partial charge in [0.1, 0.15) is 5.82 Å². The zero-order chi connectivity index (χ0) is 16.2. The molecule has 23 heavy (non-hydrogen) atoms. The number of rotatable bonds is 3. The maximum absolute atomic E-state index is 14.1. The molecule has 2 atom stereocenters. The molecule has 0 spiro atoms. The van der Waals surface area contributed by atoms with Crippen molar-refractivity contribution < 1.29 is 9.13 Å². The molecule has 3 nitrogen and oxygen atoms in total. The lowest BCUT2D eigenvalue weighted by atomic mass is 9.68. The Balaban J connectivity index is 1.88. The van der Waals surface area contributed by atoms with Gasteiger partial charge in [-0.15, -0.1) is 0 Å². The Morgan fingerprint density at radius 2 is 2.00 bits per heavy atom. The topological polar surface area (TPSA) is 35.0 Å². The van der Waals surface area contributed by atoms with Crippen LogP contribution in [0.5, 0.6) is 0 Å². The van der Waals surface area contributed by atoms with Crippen LogP contribution in [0, 0.1) is 11.2 Å². The summed E-state index contributed by atoms with van der Waals surface area (Å²) < 4.78 is 19.6. The van der Waals surface area contributed by atoms with Crippen molar-refractivity contribution >= 4 is 0 Å². The Morgan fingerprint density at radius 3 is 2.74 bits per heavy atom. The highest BCUT2D eigenvalue weighted by Crippen LogP contribution is 2.63. The monoisotopic (exact) mass is 310 g/mol. The van der Waals surface area contributed by atoms with Gasteiger partial charge in [-0.25, -0.2) is 4.39 Å². The van der Waals surface area contributed by atoms with Crippen molar-refractivity contribution in [1.82, 2.24) is 10.2 Å². The number of allylic oxidation sites excluding steroid dienone is 1. The molecule has 4 heteroatoms. The summed E-state index contributed by atoms with van der Waals surface area (Å²) in [4.78, 5) is 0. The zero-order valence-electron chi connectivity index (χ0n) is 13.5. The molecule has 1 aromatic carbocycles. The largest absolute Gasteiger partial charge is 0.383 e. The molecule has 2 unspecified atom stereocenters. The number of nitrogens with zero attached hydrogens (tertiary/aromatic N) is 2. The molecule has 1 heterocycles. The third-order valence-corrected chi connectivity index (χ3v) is 5.60. The Hall–Kier alpha value is -2.07. The second-order valence-electron chi connectivity index (χ2n) is 6.98. The van der Waals surface area contributed by atoms with E-state index in [1.807, 2.05) is 12.1 Å². The van der Waals surface area contributed by atoms with E-state index < -0.39 is 0 Å². The van der Waals surface area contributed by atoms with E-state index in [0.29, 0.717) is 17.9 Å². The molecule has 4 rings (SSSR count). The normalized spacial score (nSPS) is 26.5. The summed E-state index contributed by atoms with van der Waals surface area (Å²) in [6.07, 6.45) is 4.44. The van der Waals surface area contributed by atoms with Crippen LogP contribution in [0.3, 0.4) is 0 Å². The molecular weight excluding hydrogens is 291 g/mol. The SMILES string of the molecule is COCC12C=CC(c3cc(-c4ccccc4F)nnc31)C2(C)C. The van der Waals surface area contributed by atoms with Crippen LogP contribution in [-0.4, -0.2) is 23.9 Å². The smallest absolute Gasteiger partial charge is 0.132 e. The van der Waals surface area contributed by atoms with Crippen LogP contribution in [0.2, 0.25) is 0 Å². The quantitative estimate of drug-likeness (QED) is 0.808. The number of aromatic nitrogens is 2. The summed E-state index contributed by atoms with van der Waals surface area (Å²) in [7, 11) is 1.71. The fraction of sp³-hybridized carbons (Fsp3) is 0.368. The highest BCUT2D eigenvalue weighted by molar-refractivity contribution is 5.64. The van der Waals surface area contributed by atoms with E-state index in [-0.39, 0.29) is 22.6 Å². The first kappa shape index (κ1) is 14.5. The van der Waals surface area contributed by atoms with Gasteiger partial charge in [0, 0.05) is 18.6 Å². The van der Waals surface area contributed by atoms with Crippen molar-refractivity contribution in [3.8, 4) is 11.3 Å². The number of benzene rings is 1. The second kappa shape index (κ2) is 4.71. The average molecular weight is 310 g/mol. The van der Waals surface area contributed by atoms with Crippen molar-refractivity contribution in [1.29, 1.82) is 0 Å². The van der Waals surface area contributed by atoms with Crippen LogP contribution < -0.4 is 0 Å². The molecular formula is C19H19FN2O. The Morgan fingerprint density at radius 1 is 1.22 bits per heavy atom. The fourth-order valence-electron chi connectivity index (χ4n) is 4.19. The van der Waals surface area contributed by atoms with E-state index in [0.717, 1.165) is 11.3 Å². The van der Waals surface area contributed by atoms with Crippen LogP contribution in [-0.2, 0) is 10.2 Å². The average Bonchev–Trinajstić information content (AvgIpc) is 2.89. The third-order valence-electron chi connectivity index (χ3n) is 5.60. The van der Waals surface area contributed by atoms with Crippen LogP contribution in [0.4, 0.5) is 4.39 Å². The van der Waals surface area contributed by atoms with Crippen LogP contribution in [0.25, 0.3) is 11.3 Å². The summed E-state index contributed by atoms with van der Waals surface area (Å²) >= 11 is 0. The molecule has 2 aliphatic rings. The first-order valence-electron chi connectivity index (χ1n) is 7.82. The molecule has 2 aromatic rings. The lowest BCUT2D eigenvalue weighted by molar-refractivity contribution is 0.0907. The predicted octanol–water partition coefficient (Wildman–Crippen LogP) is 3.86. The predicted molar refractivity (Wildman–Crippen MR) is 86.6 cm³/mol. The molecule has 2 aliphatic carbocycles. The molecule has 0 saturated heterocycles. The third kappa shape index (κ3) is 1.73. The van der Waals surface area contributed by atoms with Crippen molar-refractivity contribution in [2.24, 2.45) is 5.41 Å². The number of methoxy groups -OCH3 is 1. The summed E-state index contributed by atoms with van der Waals surface area (Å²) in [5, 5.41) is 8.81. The summed E-state index contributed by atoms with van der Waals surface area (Å²) in [6.45, 7) is 5.05. The molecule has 0 amide bonds. The zero-order valence-corrected chi connectivity index (χ0v) is 13.5. The van der Waals surface area contributed by atoms with Crippen LogP contribution >= 0.6 is 0 Å². The number of halogens is 1. The summed E-state index contributed by atoms with van der Waals surface area (Å²) in [5.41, 5.74) is 2.93. The van der Waals surface area contributed by atoms with Crippen molar-refractivity contribution in [3.05, 3.63) is 59.6 Å². The molecule has 2 bridgehead atoms. The van der Waals surface area contributed by atoms with E-state index in [9.17, 15) is 4.39 Å². The van der Waals surface area contributed by atoms with E-state index >= 15 is 0 Å². The first-order valence-corrected chi connectivity index (χ1v) is 7.82. The lowest BCUT2D eigenvalue weighted by Gasteiger charge is -2.36. The Bertz CT molecular complexity index is 815. The number of ether oxygens (including phenoxy) is 1. The molecule has 0 N–H and O–H groups in total. The molecule has 0 fully saturated rings. The van der Waals surface area contributed by atoms with Crippen LogP contribution in [0.15, 0.2) is 42.5 Å². The lowest BCUT2D eigenvalue weighted by Crippen LogP contribution is -2.39. The van der Waals surface area contributed by atoms with Crippen molar-refractivity contribution in [2.75, 3.05) is 13.7 Å². The van der Waals surface area contributed by atoms with E-state index in [2.05, 4.69) is 36.2 Å². The minimum atomic E-state index is -0.272. The Kier molecular flexibility index (Phi) is 2.97. The molecule has 0 saturated carbocycles. The number of hydrogen-bond acceptors (Lipinski definition) is 3. The van der Waals surface area contributed by atoms with Gasteiger partial charge in [-0.2, -0.15) is 10.2 Å². The molecule has 0 aliphatic heterocycles. The second-order valence-corrected chi connectivity index (χ2v) is 6.98. The molecule has 118 valence electrons. The van der Waals surface area contributed by atoms with E-state index in [4.69, 9.17) is 4.74 Å². The molecule has 0 radical (unpaired) electrons. The van der Waals surface area contributed by atoms with Crippen molar-refractivity contribution in [3.63, 3.8) is 0 Å². The van der Waals surface area contributed by atoms with Gasteiger partial charge in [-0.05, 0) is 29.2 Å². The van der Waals surface area contributed by atoms with Gasteiger partial charge in [0.15, 0.2) is 0 Å². The van der Waals surface area contributed by atoms with Gasteiger partial charge >= 0.3 is 0 Å². The van der Waals surface area contributed by atoms with Gasteiger partial charge in [-0.3, -0.25) is 0 Å². The first-order chi connectivity index (χ1) is 11.0. The van der Waals surface area contributed by atoms with Crippen molar-refractivity contribution in [2.45, 2.75) is 25.2 Å². The van der Waals surface area contributed by atoms with Gasteiger partial charge in [-0.1, -0.05) is 38.1 Å². The maximum Gasteiger partial charge on any atom is 0.132 e. The molecule has 1 aromatic heterocycles. The minimum Gasteiger partial charge on any atom is -0.383 e. The van der Waals surface area contributed by atoms with E-state index in [1.165, 1.54) is 6.07 Å². The highest BCUT2D eigenvalue weighted by Gasteiger charge is 2.60. The van der Waals surface area contributed by atoms with Gasteiger partial charge < -0.3 is 4.74 Å². The standard InChI is InChI=1S/C19H19FN2O/c1-18(2)14-8-9-19(18,11-23-3)17-13(14)10-16(21-22-17)12-6-4-5-7-15(12)20/h4-10,14H,11H2,1-3H3. The highest BCUT2D eigenvalue weighted by atomic mass is 19.1. The van der Waals surface area contributed by atoms with Gasteiger partial charge in [0.25, 0.3) is 0 Å². The summed E-state index contributed by atoms with van der Waals surface area (Å²) in [6, 6.07) is 8.68. The Labute approximate surface area is 135 Å². The van der Waals surface area contributed by atoms with Gasteiger partial charge in [0.05, 0.1) is 23.4 Å². The number of hydrogen-bond donors (Lipinski definition) is 0. The minimum absolute atomic E-state index is 0.0200. The van der Waals surface area contributed by atoms with Crippen LogP contribution in [0.1, 0.15) is 31.0 Å².